The van der Waals surface area contributed by atoms with Crippen LogP contribution in [0, 0.1) is 11.8 Å². The molecule has 10 nitrogen and oxygen atoms in total. The third kappa shape index (κ3) is 4.80. The lowest BCUT2D eigenvalue weighted by atomic mass is 9.83. The molecule has 0 spiro atoms. The number of amides is 1. The van der Waals surface area contributed by atoms with Gasteiger partial charge in [-0.2, -0.15) is 0 Å². The van der Waals surface area contributed by atoms with E-state index in [0.717, 1.165) is 66.5 Å². The van der Waals surface area contributed by atoms with Crippen LogP contribution >= 0.6 is 11.6 Å². The van der Waals surface area contributed by atoms with E-state index in [1.165, 1.54) is 25.7 Å². The minimum absolute atomic E-state index is 0.128. The Bertz CT molecular complexity index is 1420. The van der Waals surface area contributed by atoms with E-state index in [2.05, 4.69) is 39.1 Å². The number of aromatic nitrogens is 4. The molecule has 212 valence electrons. The molecule has 1 amide bonds. The number of carbonyl (C=O) groups is 1. The highest BCUT2D eigenvalue weighted by molar-refractivity contribution is 6.30. The second-order valence-electron chi connectivity index (χ2n) is 12.0. The van der Waals surface area contributed by atoms with E-state index in [9.17, 15) is 4.79 Å². The van der Waals surface area contributed by atoms with E-state index in [1.807, 2.05) is 12.1 Å². The summed E-state index contributed by atoms with van der Waals surface area (Å²) in [5.41, 5.74) is 6.72. The molecule has 2 saturated carbocycles. The monoisotopic (exact) mass is 565 g/mol. The van der Waals surface area contributed by atoms with Crippen molar-refractivity contribution in [3.8, 4) is 11.3 Å². The summed E-state index contributed by atoms with van der Waals surface area (Å²) in [6, 6.07) is 4.16. The third-order valence-corrected chi connectivity index (χ3v) is 9.25. The predicted molar refractivity (Wildman–Crippen MR) is 152 cm³/mol. The topological polar surface area (TPSA) is 106 Å². The molecule has 7 rings (SSSR count). The first-order valence-corrected chi connectivity index (χ1v) is 15.0. The molecule has 3 aromatic rings. The number of hydrogen-bond acceptors (Lipinski definition) is 8. The van der Waals surface area contributed by atoms with Gasteiger partial charge in [0, 0.05) is 31.0 Å². The molecule has 4 atom stereocenters. The number of nitrogens with zero attached hydrogens (tertiary/aromatic N) is 5. The maximum atomic E-state index is 11.8. The highest BCUT2D eigenvalue weighted by atomic mass is 35.5. The van der Waals surface area contributed by atoms with Crippen LogP contribution in [0.15, 0.2) is 24.5 Å². The van der Waals surface area contributed by atoms with Crippen LogP contribution in [0.5, 0.6) is 0 Å². The van der Waals surface area contributed by atoms with Gasteiger partial charge in [0.15, 0.2) is 6.17 Å². The van der Waals surface area contributed by atoms with Crippen LogP contribution in [0.1, 0.15) is 70.7 Å². The second-order valence-corrected chi connectivity index (χ2v) is 12.5. The molecule has 3 aromatic heterocycles. The number of rotatable bonds is 5. The van der Waals surface area contributed by atoms with E-state index in [-0.39, 0.29) is 12.2 Å². The van der Waals surface area contributed by atoms with Gasteiger partial charge in [0.25, 0.3) is 0 Å². The van der Waals surface area contributed by atoms with Gasteiger partial charge in [-0.25, -0.2) is 14.8 Å². The molecule has 2 aliphatic heterocycles. The van der Waals surface area contributed by atoms with Gasteiger partial charge in [0.05, 0.1) is 45.7 Å². The normalized spacial score (nSPS) is 30.4. The van der Waals surface area contributed by atoms with Crippen LogP contribution in [-0.4, -0.2) is 50.4 Å². The highest BCUT2D eigenvalue weighted by Gasteiger charge is 2.41. The van der Waals surface area contributed by atoms with Crippen molar-refractivity contribution in [1.82, 2.24) is 30.3 Å². The molecule has 2 aliphatic carbocycles. The molecule has 4 unspecified atom stereocenters. The lowest BCUT2D eigenvalue weighted by molar-refractivity contribution is -0.0289. The molecule has 4 aliphatic rings. The number of fused-ring (bicyclic) bond motifs is 2. The average Bonchev–Trinajstić information content (AvgIpc) is 3.68. The van der Waals surface area contributed by atoms with Crippen LogP contribution in [0.25, 0.3) is 22.3 Å². The molecule has 0 bridgehead atoms. The van der Waals surface area contributed by atoms with Crippen LogP contribution in [0.3, 0.4) is 0 Å². The van der Waals surface area contributed by atoms with Crippen molar-refractivity contribution in [2.75, 3.05) is 11.4 Å². The number of carbonyl (C=O) groups excluding carboxylic acids is 1. The number of anilines is 1. The summed E-state index contributed by atoms with van der Waals surface area (Å²) in [5, 5.41) is 3.32. The number of hydrogen-bond donors (Lipinski definition) is 2. The maximum Gasteiger partial charge on any atom is 0.427 e. The minimum Gasteiger partial charge on any atom is -0.371 e. The van der Waals surface area contributed by atoms with E-state index in [4.69, 9.17) is 31.1 Å². The largest absolute Gasteiger partial charge is 0.427 e. The Morgan fingerprint density at radius 1 is 1.07 bits per heavy atom. The van der Waals surface area contributed by atoms with Gasteiger partial charge in [-0.1, -0.05) is 31.4 Å². The number of hydroxylamine groups is 1. The number of pyridine rings is 2. The Morgan fingerprint density at radius 3 is 2.70 bits per heavy atom. The fourth-order valence-corrected chi connectivity index (χ4v) is 7.22. The van der Waals surface area contributed by atoms with Crippen LogP contribution in [0.2, 0.25) is 5.02 Å². The number of imidazole rings is 1. The molecule has 0 aromatic carbocycles. The molecule has 0 radical (unpaired) electrons. The summed E-state index contributed by atoms with van der Waals surface area (Å²) in [7, 11) is 0. The minimum atomic E-state index is -0.584. The molecule has 11 heteroatoms. The molecular weight excluding hydrogens is 530 g/mol. The highest BCUT2D eigenvalue weighted by Crippen LogP contribution is 2.40. The van der Waals surface area contributed by atoms with Crippen LogP contribution in [-0.2, 0) is 16.1 Å². The Kier molecular flexibility index (Phi) is 6.80. The van der Waals surface area contributed by atoms with Crippen molar-refractivity contribution in [3.63, 3.8) is 0 Å². The quantitative estimate of drug-likeness (QED) is 0.426. The summed E-state index contributed by atoms with van der Waals surface area (Å²) < 4.78 is 8.77. The van der Waals surface area contributed by atoms with Crippen molar-refractivity contribution >= 4 is 34.7 Å². The van der Waals surface area contributed by atoms with Gasteiger partial charge in [0.2, 0.25) is 5.95 Å². The zero-order chi connectivity index (χ0) is 27.4. The Labute approximate surface area is 238 Å². The number of ether oxygens (including phenoxy) is 1. The predicted octanol–water partition coefficient (Wildman–Crippen LogP) is 5.36. The van der Waals surface area contributed by atoms with Crippen molar-refractivity contribution < 1.29 is 14.4 Å². The molecule has 2 saturated heterocycles. The lowest BCUT2D eigenvalue weighted by Gasteiger charge is -2.42. The van der Waals surface area contributed by atoms with Crippen LogP contribution < -0.4 is 15.7 Å². The zero-order valence-electron chi connectivity index (χ0n) is 23.0. The zero-order valence-corrected chi connectivity index (χ0v) is 23.7. The fourth-order valence-electron chi connectivity index (χ4n) is 7.05. The lowest BCUT2D eigenvalue weighted by Crippen LogP contribution is -2.53. The first kappa shape index (κ1) is 26.0. The molecule has 40 heavy (non-hydrogen) atoms. The van der Waals surface area contributed by atoms with Gasteiger partial charge in [0.1, 0.15) is 0 Å². The number of halogens is 1. The Hall–Kier alpha value is -2.95. The van der Waals surface area contributed by atoms with E-state index >= 15 is 0 Å². The molecule has 5 heterocycles. The van der Waals surface area contributed by atoms with Crippen LogP contribution in [0.4, 0.5) is 10.7 Å². The van der Waals surface area contributed by atoms with E-state index in [0.29, 0.717) is 22.7 Å². The van der Waals surface area contributed by atoms with Crippen molar-refractivity contribution in [1.29, 1.82) is 0 Å². The van der Waals surface area contributed by atoms with Gasteiger partial charge in [-0.05, 0) is 63.0 Å². The first-order valence-electron chi connectivity index (χ1n) is 14.6. The smallest absolute Gasteiger partial charge is 0.371 e. The number of nitrogens with one attached hydrogen (secondary N) is 2. The third-order valence-electron chi connectivity index (χ3n) is 9.04. The molecule has 4 fully saturated rings. The van der Waals surface area contributed by atoms with Gasteiger partial charge in [-0.3, -0.25) is 10.3 Å². The summed E-state index contributed by atoms with van der Waals surface area (Å²) in [4.78, 5) is 34.1. The SMILES string of the molecule is CC1CCC(Cn2c(N3CC(C)OC4CCCC43)nc3cc(C4NOC(=O)N4)nc(-c4cncc(Cl)c4)c32)CC1. The fraction of sp³-hybridized carbons (Fsp3) is 0.586. The summed E-state index contributed by atoms with van der Waals surface area (Å²) in [6.45, 7) is 6.20. The second kappa shape index (κ2) is 10.5. The van der Waals surface area contributed by atoms with Crippen molar-refractivity contribution in [3.05, 3.63) is 35.2 Å². The van der Waals surface area contributed by atoms with Crippen molar-refractivity contribution in [2.24, 2.45) is 11.8 Å². The van der Waals surface area contributed by atoms with E-state index in [1.54, 1.807) is 12.4 Å². The van der Waals surface area contributed by atoms with Crippen molar-refractivity contribution in [2.45, 2.75) is 89.8 Å². The van der Waals surface area contributed by atoms with Gasteiger partial charge >= 0.3 is 6.09 Å². The maximum absolute atomic E-state index is 11.8. The molecule has 2 N–H and O–H groups in total. The standard InChI is InChI=1S/C29H36ClN7O3/c1-16-6-8-18(9-7-16)15-37-26-21(33-28(37)36-14-17(2)39-24-5-3-4-23(24)36)11-22(27-34-29(38)40-35-27)32-25(26)19-10-20(30)13-31-12-19/h10-13,16-18,23-24,27,35H,3-9,14-15H2,1-2H3,(H,34,38). The number of morpholine rings is 1. The Balaban J connectivity index is 1.42. The summed E-state index contributed by atoms with van der Waals surface area (Å²) in [5.74, 6) is 2.33. The Morgan fingerprint density at radius 2 is 1.93 bits per heavy atom. The van der Waals surface area contributed by atoms with Gasteiger partial charge < -0.3 is 19.0 Å². The van der Waals surface area contributed by atoms with Gasteiger partial charge in [-0.15, -0.1) is 5.48 Å². The first-order chi connectivity index (χ1) is 19.4. The molecular formula is C29H36ClN7O3. The average molecular weight is 566 g/mol. The summed E-state index contributed by atoms with van der Waals surface area (Å²) in [6.07, 6.45) is 10.9. The summed E-state index contributed by atoms with van der Waals surface area (Å²) >= 11 is 6.42. The van der Waals surface area contributed by atoms with E-state index < -0.39 is 12.3 Å².